The highest BCUT2D eigenvalue weighted by Gasteiger charge is 2.05. The molecule has 2 rings (SSSR count). The smallest absolute Gasteiger partial charge is 0.131 e. The van der Waals surface area contributed by atoms with Gasteiger partial charge in [-0.1, -0.05) is 6.08 Å². The summed E-state index contributed by atoms with van der Waals surface area (Å²) in [5.41, 5.74) is 0. The Morgan fingerprint density at radius 1 is 1.30 bits per heavy atom. The van der Waals surface area contributed by atoms with Crippen molar-refractivity contribution in [2.75, 3.05) is 6.54 Å². The molecule has 0 aromatic rings. The molecule has 0 unspecified atom stereocenters. The van der Waals surface area contributed by atoms with Gasteiger partial charge in [-0.15, -0.1) is 0 Å². The number of nitrogens with zero attached hydrogens (tertiary/aromatic N) is 2. The Morgan fingerprint density at radius 2 is 2.30 bits per heavy atom. The van der Waals surface area contributed by atoms with Gasteiger partial charge in [0, 0.05) is 12.4 Å². The van der Waals surface area contributed by atoms with E-state index in [9.17, 15) is 0 Å². The van der Waals surface area contributed by atoms with E-state index in [1.54, 1.807) is 0 Å². The summed E-state index contributed by atoms with van der Waals surface area (Å²) in [5, 5.41) is 0. The van der Waals surface area contributed by atoms with E-state index in [2.05, 4.69) is 4.99 Å². The van der Waals surface area contributed by atoms with Crippen molar-refractivity contribution in [3.8, 4) is 0 Å². The highest BCUT2D eigenvalue weighted by molar-refractivity contribution is 5.96. The molecule has 0 radical (unpaired) electrons. The maximum atomic E-state index is 4.27. The van der Waals surface area contributed by atoms with Crippen LogP contribution in [0.5, 0.6) is 0 Å². The molecular weight excluding hydrogens is 124 g/mol. The summed E-state index contributed by atoms with van der Waals surface area (Å²) < 4.78 is 0. The van der Waals surface area contributed by atoms with Crippen LogP contribution in [0.2, 0.25) is 0 Å². The lowest BCUT2D eigenvalue weighted by molar-refractivity contribution is 0.735. The average Bonchev–Trinajstić information content (AvgIpc) is 2.05. The first kappa shape index (κ1) is 5.47. The maximum Gasteiger partial charge on any atom is 0.131 e. The van der Waals surface area contributed by atoms with Gasteiger partial charge >= 0.3 is 0 Å². The second-order valence-electron chi connectivity index (χ2n) is 2.19. The van der Waals surface area contributed by atoms with Crippen LogP contribution in [0.25, 0.3) is 0 Å². The van der Waals surface area contributed by atoms with Gasteiger partial charge in [-0.05, 0) is 18.2 Å². The molecule has 2 aliphatic rings. The average molecular weight is 132 g/mol. The molecule has 0 saturated carbocycles. The van der Waals surface area contributed by atoms with Crippen molar-refractivity contribution in [2.24, 2.45) is 4.99 Å². The van der Waals surface area contributed by atoms with Crippen LogP contribution in [-0.4, -0.2) is 17.3 Å². The number of allylic oxidation sites excluding steroid dienone is 2. The number of rotatable bonds is 0. The molecule has 0 bridgehead atoms. The van der Waals surface area contributed by atoms with E-state index in [4.69, 9.17) is 0 Å². The Labute approximate surface area is 59.9 Å². The predicted molar refractivity (Wildman–Crippen MR) is 41.6 cm³/mol. The lowest BCUT2D eigenvalue weighted by atomic mass is 10.3. The molecule has 0 amide bonds. The minimum Gasteiger partial charge on any atom is -0.309 e. The van der Waals surface area contributed by atoms with Crippen LogP contribution in [0.15, 0.2) is 41.7 Å². The molecule has 2 nitrogen and oxygen atoms in total. The number of aliphatic imine (C=N–C) groups is 1. The molecule has 2 aliphatic heterocycles. The zero-order valence-corrected chi connectivity index (χ0v) is 5.57. The first-order valence-corrected chi connectivity index (χ1v) is 3.31. The van der Waals surface area contributed by atoms with Gasteiger partial charge in [0.05, 0.1) is 6.54 Å². The number of fused-ring (bicyclic) bond motifs is 1. The van der Waals surface area contributed by atoms with Gasteiger partial charge in [0.15, 0.2) is 0 Å². The fraction of sp³-hybridized carbons (Fsp3) is 0.125. The molecule has 50 valence electrons. The van der Waals surface area contributed by atoms with Gasteiger partial charge in [0.25, 0.3) is 0 Å². The van der Waals surface area contributed by atoms with Crippen molar-refractivity contribution in [3.63, 3.8) is 0 Å². The molecule has 0 aliphatic carbocycles. The van der Waals surface area contributed by atoms with E-state index in [0.717, 1.165) is 12.4 Å². The van der Waals surface area contributed by atoms with Crippen LogP contribution < -0.4 is 0 Å². The normalized spacial score (nSPS) is 20.8. The fourth-order valence-corrected chi connectivity index (χ4v) is 1.01. The highest BCUT2D eigenvalue weighted by atomic mass is 15.2. The van der Waals surface area contributed by atoms with E-state index in [0.29, 0.717) is 0 Å². The van der Waals surface area contributed by atoms with E-state index >= 15 is 0 Å². The summed E-state index contributed by atoms with van der Waals surface area (Å²) in [7, 11) is 0. The summed E-state index contributed by atoms with van der Waals surface area (Å²) in [6.07, 6.45) is 12.1. The molecule has 2 heteroatoms. The largest absolute Gasteiger partial charge is 0.309 e. The van der Waals surface area contributed by atoms with Crippen LogP contribution in [0, 0.1) is 0 Å². The molecule has 10 heavy (non-hydrogen) atoms. The zero-order chi connectivity index (χ0) is 6.81. The molecule has 0 saturated heterocycles. The minimum atomic E-state index is 0.810. The van der Waals surface area contributed by atoms with Crippen LogP contribution in [-0.2, 0) is 0 Å². The Balaban J connectivity index is 2.33. The first-order chi connectivity index (χ1) is 4.97. The third-order valence-electron chi connectivity index (χ3n) is 1.49. The van der Waals surface area contributed by atoms with E-state index in [1.165, 1.54) is 0 Å². The molecule has 0 spiro atoms. The van der Waals surface area contributed by atoms with Gasteiger partial charge in [0.1, 0.15) is 5.84 Å². The molecule has 0 fully saturated rings. The molecule has 0 N–H and O–H groups in total. The monoisotopic (exact) mass is 132 g/mol. The van der Waals surface area contributed by atoms with Crippen molar-refractivity contribution < 1.29 is 0 Å². The van der Waals surface area contributed by atoms with Crippen molar-refractivity contribution in [2.45, 2.75) is 0 Å². The number of hydrogen-bond donors (Lipinski definition) is 0. The molecule has 0 atom stereocenters. The third kappa shape index (κ3) is 0.778. The molecule has 0 aromatic heterocycles. The minimum absolute atomic E-state index is 0.810. The SMILES string of the molecule is C1=CC2=NCC=CN2C=C1. The van der Waals surface area contributed by atoms with Gasteiger partial charge < -0.3 is 4.90 Å². The van der Waals surface area contributed by atoms with Gasteiger partial charge in [0.2, 0.25) is 0 Å². The Bertz CT molecular complexity index is 246. The summed E-state index contributed by atoms with van der Waals surface area (Å²) in [6, 6.07) is 0. The molecule has 2 heterocycles. The highest BCUT2D eigenvalue weighted by Crippen LogP contribution is 2.06. The summed E-state index contributed by atoms with van der Waals surface area (Å²) in [5.74, 6) is 1.03. The van der Waals surface area contributed by atoms with Crippen molar-refractivity contribution in [1.82, 2.24) is 4.90 Å². The Hall–Kier alpha value is -1.31. The van der Waals surface area contributed by atoms with Crippen molar-refractivity contribution >= 4 is 5.84 Å². The van der Waals surface area contributed by atoms with Crippen molar-refractivity contribution in [1.29, 1.82) is 0 Å². The molecular formula is C8H8N2. The second-order valence-corrected chi connectivity index (χ2v) is 2.19. The third-order valence-corrected chi connectivity index (χ3v) is 1.49. The summed E-state index contributed by atoms with van der Waals surface area (Å²) in [4.78, 5) is 6.27. The van der Waals surface area contributed by atoms with E-state index < -0.39 is 0 Å². The fourth-order valence-electron chi connectivity index (χ4n) is 1.01. The van der Waals surface area contributed by atoms with Crippen LogP contribution in [0.4, 0.5) is 0 Å². The predicted octanol–water partition coefficient (Wildman–Crippen LogP) is 1.30. The zero-order valence-electron chi connectivity index (χ0n) is 5.57. The van der Waals surface area contributed by atoms with Gasteiger partial charge in [-0.3, -0.25) is 4.99 Å². The Morgan fingerprint density at radius 3 is 3.20 bits per heavy atom. The summed E-state index contributed by atoms with van der Waals surface area (Å²) in [6.45, 7) is 0.810. The lowest BCUT2D eigenvalue weighted by Crippen LogP contribution is -2.22. The van der Waals surface area contributed by atoms with E-state index in [-0.39, 0.29) is 0 Å². The Kier molecular flexibility index (Phi) is 1.17. The topological polar surface area (TPSA) is 15.6 Å². The van der Waals surface area contributed by atoms with Crippen LogP contribution >= 0.6 is 0 Å². The molecule has 0 aromatic carbocycles. The number of hydrogen-bond acceptors (Lipinski definition) is 2. The first-order valence-electron chi connectivity index (χ1n) is 3.31. The number of amidine groups is 1. The lowest BCUT2D eigenvalue weighted by Gasteiger charge is -2.20. The summed E-state index contributed by atoms with van der Waals surface area (Å²) >= 11 is 0. The maximum absolute atomic E-state index is 4.27. The van der Waals surface area contributed by atoms with Crippen LogP contribution in [0.3, 0.4) is 0 Å². The second kappa shape index (κ2) is 2.14. The quantitative estimate of drug-likeness (QED) is 0.485. The van der Waals surface area contributed by atoms with Gasteiger partial charge in [-0.2, -0.15) is 0 Å². The van der Waals surface area contributed by atoms with Crippen molar-refractivity contribution in [3.05, 3.63) is 36.7 Å². The van der Waals surface area contributed by atoms with E-state index in [1.807, 2.05) is 41.6 Å². The standard InChI is InChI=1S/C8H8N2/c1-2-6-10-7-3-5-9-8(10)4-1/h1-4,6-7H,5H2. The van der Waals surface area contributed by atoms with Gasteiger partial charge in [-0.25, -0.2) is 0 Å². The van der Waals surface area contributed by atoms with Crippen LogP contribution in [0.1, 0.15) is 0 Å².